The number of benzene rings is 2. The molecule has 1 fully saturated rings. The van der Waals surface area contributed by atoms with Crippen LogP contribution in [0, 0.1) is 6.92 Å². The van der Waals surface area contributed by atoms with Crippen molar-refractivity contribution in [3.8, 4) is 17.0 Å². The number of methoxy groups -OCH3 is 1. The molecule has 1 atom stereocenters. The number of hydrogen-bond acceptors (Lipinski definition) is 4. The first kappa shape index (κ1) is 18.4. The molecule has 29 heavy (non-hydrogen) atoms. The minimum Gasteiger partial charge on any atom is -0.497 e. The standard InChI is InChI=1S/C24H27N3O2/c1-18-3-7-20(8-4-18)22-13-25-23-15-29-24(17-27(22)23)11-12-26(16-24)14-19-5-9-21(28-2)10-6-19/h3-10,13H,11-12,14-17H2,1-2H3/t24-/m1/s1. The van der Waals surface area contributed by atoms with Gasteiger partial charge in [-0.25, -0.2) is 4.98 Å². The highest BCUT2D eigenvalue weighted by molar-refractivity contribution is 5.60. The first-order valence-electron chi connectivity index (χ1n) is 10.2. The van der Waals surface area contributed by atoms with Crippen molar-refractivity contribution in [2.75, 3.05) is 20.2 Å². The molecule has 5 rings (SSSR count). The summed E-state index contributed by atoms with van der Waals surface area (Å²) in [5, 5.41) is 0. The summed E-state index contributed by atoms with van der Waals surface area (Å²) in [4.78, 5) is 7.12. The molecule has 3 heterocycles. The molecule has 3 aromatic rings. The van der Waals surface area contributed by atoms with Gasteiger partial charge in [-0.15, -0.1) is 0 Å². The Morgan fingerprint density at radius 2 is 1.86 bits per heavy atom. The summed E-state index contributed by atoms with van der Waals surface area (Å²) in [6.07, 6.45) is 3.04. The van der Waals surface area contributed by atoms with E-state index >= 15 is 0 Å². The number of nitrogens with zero attached hydrogens (tertiary/aromatic N) is 3. The third-order valence-corrected chi connectivity index (χ3v) is 6.20. The molecule has 0 bridgehead atoms. The summed E-state index contributed by atoms with van der Waals surface area (Å²) in [7, 11) is 1.70. The Bertz CT molecular complexity index is 994. The van der Waals surface area contributed by atoms with Crippen molar-refractivity contribution >= 4 is 0 Å². The van der Waals surface area contributed by atoms with Crippen LogP contribution in [0.25, 0.3) is 11.3 Å². The third kappa shape index (κ3) is 3.56. The molecular weight excluding hydrogens is 362 g/mol. The number of imidazole rings is 1. The average molecular weight is 389 g/mol. The fraction of sp³-hybridized carbons (Fsp3) is 0.375. The number of likely N-dealkylation sites (tertiary alicyclic amines) is 1. The summed E-state index contributed by atoms with van der Waals surface area (Å²) in [6, 6.07) is 17.1. The second-order valence-corrected chi connectivity index (χ2v) is 8.29. The van der Waals surface area contributed by atoms with Crippen LogP contribution in [0.3, 0.4) is 0 Å². The molecule has 0 N–H and O–H groups in total. The Morgan fingerprint density at radius 1 is 1.07 bits per heavy atom. The quantitative estimate of drug-likeness (QED) is 0.675. The van der Waals surface area contributed by atoms with E-state index in [1.165, 1.54) is 22.4 Å². The van der Waals surface area contributed by atoms with Crippen molar-refractivity contribution in [1.29, 1.82) is 0 Å². The van der Waals surface area contributed by atoms with E-state index in [1.807, 2.05) is 18.3 Å². The Balaban J connectivity index is 1.32. The molecule has 2 aliphatic rings. The van der Waals surface area contributed by atoms with Gasteiger partial charge in [0.25, 0.3) is 0 Å². The zero-order valence-electron chi connectivity index (χ0n) is 17.1. The van der Waals surface area contributed by atoms with E-state index in [0.717, 1.165) is 44.2 Å². The molecule has 5 nitrogen and oxygen atoms in total. The normalized spacial score (nSPS) is 21.4. The van der Waals surface area contributed by atoms with Crippen molar-refractivity contribution in [3.05, 3.63) is 71.7 Å². The molecule has 0 amide bonds. The molecular formula is C24H27N3O2. The topological polar surface area (TPSA) is 39.5 Å². The van der Waals surface area contributed by atoms with Crippen molar-refractivity contribution in [1.82, 2.24) is 14.5 Å². The van der Waals surface area contributed by atoms with E-state index in [0.29, 0.717) is 6.61 Å². The highest BCUT2D eigenvalue weighted by Crippen LogP contribution is 2.35. The van der Waals surface area contributed by atoms with Crippen molar-refractivity contribution in [3.63, 3.8) is 0 Å². The van der Waals surface area contributed by atoms with Crippen LogP contribution in [0.15, 0.2) is 54.7 Å². The van der Waals surface area contributed by atoms with E-state index in [4.69, 9.17) is 9.47 Å². The van der Waals surface area contributed by atoms with Gasteiger partial charge in [-0.05, 0) is 36.6 Å². The highest BCUT2D eigenvalue weighted by atomic mass is 16.5. The first-order valence-corrected chi connectivity index (χ1v) is 10.2. The SMILES string of the molecule is COc1ccc(CN2CC[C@@]3(C2)Cn2c(-c4ccc(C)cc4)cnc2CO3)cc1. The lowest BCUT2D eigenvalue weighted by molar-refractivity contribution is -0.0821. The Kier molecular flexibility index (Phi) is 4.64. The van der Waals surface area contributed by atoms with Gasteiger partial charge in [0.2, 0.25) is 0 Å². The molecule has 5 heteroatoms. The van der Waals surface area contributed by atoms with Gasteiger partial charge in [-0.1, -0.05) is 42.0 Å². The van der Waals surface area contributed by atoms with Crippen LogP contribution in [0.2, 0.25) is 0 Å². The minimum absolute atomic E-state index is 0.125. The highest BCUT2D eigenvalue weighted by Gasteiger charge is 2.43. The van der Waals surface area contributed by atoms with Crippen LogP contribution in [-0.4, -0.2) is 40.3 Å². The van der Waals surface area contributed by atoms with Gasteiger partial charge in [0.05, 0.1) is 25.5 Å². The molecule has 1 aromatic heterocycles. The van der Waals surface area contributed by atoms with Gasteiger partial charge in [0.1, 0.15) is 23.8 Å². The second kappa shape index (κ2) is 7.32. The maximum Gasteiger partial charge on any atom is 0.135 e. The number of hydrogen-bond donors (Lipinski definition) is 0. The van der Waals surface area contributed by atoms with Crippen LogP contribution < -0.4 is 4.74 Å². The summed E-state index contributed by atoms with van der Waals surface area (Å²) >= 11 is 0. The van der Waals surface area contributed by atoms with E-state index < -0.39 is 0 Å². The number of rotatable bonds is 4. The largest absolute Gasteiger partial charge is 0.497 e. The lowest BCUT2D eigenvalue weighted by Crippen LogP contribution is -2.44. The van der Waals surface area contributed by atoms with Crippen LogP contribution in [-0.2, 0) is 24.4 Å². The molecule has 0 radical (unpaired) electrons. The monoisotopic (exact) mass is 389 g/mol. The fourth-order valence-electron chi connectivity index (χ4n) is 4.51. The predicted molar refractivity (Wildman–Crippen MR) is 113 cm³/mol. The molecule has 0 aliphatic carbocycles. The predicted octanol–water partition coefficient (Wildman–Crippen LogP) is 4.04. The van der Waals surface area contributed by atoms with Crippen LogP contribution in [0.1, 0.15) is 23.4 Å². The third-order valence-electron chi connectivity index (χ3n) is 6.20. The molecule has 1 saturated heterocycles. The van der Waals surface area contributed by atoms with E-state index in [9.17, 15) is 0 Å². The summed E-state index contributed by atoms with van der Waals surface area (Å²) in [5.41, 5.74) is 4.87. The zero-order valence-corrected chi connectivity index (χ0v) is 17.1. The number of aromatic nitrogens is 2. The molecule has 0 saturated carbocycles. The average Bonchev–Trinajstić information content (AvgIpc) is 3.33. The van der Waals surface area contributed by atoms with Crippen LogP contribution in [0.4, 0.5) is 0 Å². The van der Waals surface area contributed by atoms with Gasteiger partial charge in [0, 0.05) is 19.6 Å². The number of aryl methyl sites for hydroxylation is 1. The Labute approximate surface area is 171 Å². The zero-order chi connectivity index (χ0) is 19.8. The maximum atomic E-state index is 6.38. The molecule has 1 spiro atoms. The van der Waals surface area contributed by atoms with Gasteiger partial charge in [0.15, 0.2) is 0 Å². The van der Waals surface area contributed by atoms with E-state index in [-0.39, 0.29) is 5.60 Å². The molecule has 0 unspecified atom stereocenters. The lowest BCUT2D eigenvalue weighted by Gasteiger charge is -2.35. The summed E-state index contributed by atoms with van der Waals surface area (Å²) in [6.45, 7) is 6.51. The Hall–Kier alpha value is -2.63. The first-order chi connectivity index (χ1) is 14.1. The van der Waals surface area contributed by atoms with Crippen molar-refractivity contribution < 1.29 is 9.47 Å². The van der Waals surface area contributed by atoms with Crippen LogP contribution in [0.5, 0.6) is 5.75 Å². The molecule has 150 valence electrons. The number of ether oxygens (including phenoxy) is 2. The molecule has 2 aromatic carbocycles. The molecule has 2 aliphatic heterocycles. The van der Waals surface area contributed by atoms with Gasteiger partial charge < -0.3 is 14.0 Å². The lowest BCUT2D eigenvalue weighted by atomic mass is 10.0. The second-order valence-electron chi connectivity index (χ2n) is 8.29. The maximum absolute atomic E-state index is 6.38. The Morgan fingerprint density at radius 3 is 2.62 bits per heavy atom. The van der Waals surface area contributed by atoms with Crippen LogP contribution >= 0.6 is 0 Å². The van der Waals surface area contributed by atoms with E-state index in [2.05, 4.69) is 57.8 Å². The summed E-state index contributed by atoms with van der Waals surface area (Å²) < 4.78 is 14.0. The van der Waals surface area contributed by atoms with Crippen molar-refractivity contribution in [2.45, 2.75) is 38.6 Å². The van der Waals surface area contributed by atoms with Gasteiger partial charge in [-0.3, -0.25) is 4.90 Å². The van der Waals surface area contributed by atoms with Gasteiger partial charge >= 0.3 is 0 Å². The minimum atomic E-state index is -0.125. The smallest absolute Gasteiger partial charge is 0.135 e. The fourth-order valence-corrected chi connectivity index (χ4v) is 4.51. The number of fused-ring (bicyclic) bond motifs is 1. The van der Waals surface area contributed by atoms with E-state index in [1.54, 1.807) is 7.11 Å². The van der Waals surface area contributed by atoms with Gasteiger partial charge in [-0.2, -0.15) is 0 Å². The summed E-state index contributed by atoms with van der Waals surface area (Å²) in [5.74, 6) is 1.93. The van der Waals surface area contributed by atoms with Crippen molar-refractivity contribution in [2.24, 2.45) is 0 Å².